The zero-order chi connectivity index (χ0) is 28.7. The Hall–Kier alpha value is -2.87. The van der Waals surface area contributed by atoms with Crippen LogP contribution < -0.4 is 4.74 Å². The number of ether oxygens (including phenoxy) is 2. The van der Waals surface area contributed by atoms with Crippen molar-refractivity contribution in [3.05, 3.63) is 53.6 Å². The first-order chi connectivity index (χ1) is 19.4. The van der Waals surface area contributed by atoms with E-state index in [-0.39, 0.29) is 18.6 Å². The van der Waals surface area contributed by atoms with Crippen molar-refractivity contribution in [1.82, 2.24) is 0 Å². The SMILES string of the molecule is CCCCCC[C@@H](C)Oc1ccc(-c2ccc(CC[C@H]3CC[C@H](OC(=O)[C@@H](F)CCCC)CC3)cc2)cc1C#N. The van der Waals surface area contributed by atoms with Gasteiger partial charge in [0.15, 0.2) is 6.17 Å². The Morgan fingerprint density at radius 2 is 1.65 bits per heavy atom. The van der Waals surface area contributed by atoms with E-state index in [1.54, 1.807) is 0 Å². The van der Waals surface area contributed by atoms with Crippen LogP contribution in [0.5, 0.6) is 5.75 Å². The van der Waals surface area contributed by atoms with Gasteiger partial charge < -0.3 is 9.47 Å². The topological polar surface area (TPSA) is 59.3 Å². The molecule has 1 fully saturated rings. The Morgan fingerprint density at radius 3 is 2.33 bits per heavy atom. The fourth-order valence-electron chi connectivity index (χ4n) is 5.55. The van der Waals surface area contributed by atoms with Crippen LogP contribution in [0, 0.1) is 17.2 Å². The molecule has 0 heterocycles. The van der Waals surface area contributed by atoms with E-state index < -0.39 is 12.1 Å². The largest absolute Gasteiger partial charge is 0.489 e. The number of unbranched alkanes of at least 4 members (excludes halogenated alkanes) is 4. The van der Waals surface area contributed by atoms with Crippen LogP contribution >= 0.6 is 0 Å². The van der Waals surface area contributed by atoms with Crippen LogP contribution in [-0.2, 0) is 16.0 Å². The van der Waals surface area contributed by atoms with Crippen LogP contribution in [0.1, 0.15) is 115 Å². The fourth-order valence-corrected chi connectivity index (χ4v) is 5.55. The highest BCUT2D eigenvalue weighted by Crippen LogP contribution is 2.31. The second kappa shape index (κ2) is 17.1. The van der Waals surface area contributed by atoms with Gasteiger partial charge in [-0.05, 0) is 99.5 Å². The first-order valence-electron chi connectivity index (χ1n) is 15.6. The summed E-state index contributed by atoms with van der Waals surface area (Å²) in [6.07, 6.45) is 12.0. The lowest BCUT2D eigenvalue weighted by molar-refractivity contribution is -0.157. The van der Waals surface area contributed by atoms with E-state index >= 15 is 0 Å². The monoisotopic (exact) mass is 549 g/mol. The van der Waals surface area contributed by atoms with Crippen molar-refractivity contribution in [1.29, 1.82) is 5.26 Å². The quantitative estimate of drug-likeness (QED) is 0.154. The van der Waals surface area contributed by atoms with Crippen LogP contribution in [0.15, 0.2) is 42.5 Å². The van der Waals surface area contributed by atoms with Gasteiger partial charge in [-0.25, -0.2) is 9.18 Å². The number of hydrogen-bond donors (Lipinski definition) is 0. The zero-order valence-corrected chi connectivity index (χ0v) is 24.8. The number of nitrogens with zero attached hydrogens (tertiary/aromatic N) is 1. The normalized spacial score (nSPS) is 18.5. The van der Waals surface area contributed by atoms with Gasteiger partial charge in [0.25, 0.3) is 0 Å². The van der Waals surface area contributed by atoms with Crippen molar-refractivity contribution in [3.63, 3.8) is 0 Å². The molecule has 0 N–H and O–H groups in total. The molecule has 218 valence electrons. The maximum atomic E-state index is 13.9. The Labute approximate surface area is 241 Å². The van der Waals surface area contributed by atoms with Gasteiger partial charge in [0.1, 0.15) is 17.9 Å². The number of esters is 1. The van der Waals surface area contributed by atoms with Gasteiger partial charge in [0, 0.05) is 0 Å². The maximum absolute atomic E-state index is 13.9. The summed E-state index contributed by atoms with van der Waals surface area (Å²) in [7, 11) is 0. The van der Waals surface area contributed by atoms with Crippen LogP contribution in [0.25, 0.3) is 11.1 Å². The molecule has 1 saturated carbocycles. The van der Waals surface area contributed by atoms with Gasteiger partial charge in [-0.2, -0.15) is 5.26 Å². The predicted octanol–water partition coefficient (Wildman–Crippen LogP) is 9.53. The van der Waals surface area contributed by atoms with Gasteiger partial charge in [0.05, 0.1) is 11.7 Å². The fraction of sp³-hybridized carbons (Fsp3) is 0.600. The molecule has 0 bridgehead atoms. The second-order valence-electron chi connectivity index (χ2n) is 11.5. The lowest BCUT2D eigenvalue weighted by Crippen LogP contribution is -2.29. The lowest BCUT2D eigenvalue weighted by Gasteiger charge is -2.28. The van der Waals surface area contributed by atoms with E-state index in [0.29, 0.717) is 23.7 Å². The molecule has 0 aromatic heterocycles. The molecular weight excluding hydrogens is 501 g/mol. The molecule has 3 rings (SSSR count). The van der Waals surface area contributed by atoms with E-state index in [2.05, 4.69) is 44.2 Å². The summed E-state index contributed by atoms with van der Waals surface area (Å²) >= 11 is 0. The maximum Gasteiger partial charge on any atom is 0.340 e. The van der Waals surface area contributed by atoms with Gasteiger partial charge in [-0.1, -0.05) is 76.3 Å². The number of carbonyl (C=O) groups excluding carboxylic acids is 1. The second-order valence-corrected chi connectivity index (χ2v) is 11.5. The molecule has 40 heavy (non-hydrogen) atoms. The number of rotatable bonds is 16. The van der Waals surface area contributed by atoms with E-state index in [1.165, 1.54) is 24.8 Å². The van der Waals surface area contributed by atoms with Gasteiger partial charge >= 0.3 is 5.97 Å². The molecular formula is C35H48FNO3. The number of benzene rings is 2. The smallest absolute Gasteiger partial charge is 0.340 e. The van der Waals surface area contributed by atoms with Crippen molar-refractivity contribution in [2.45, 2.75) is 129 Å². The average molecular weight is 550 g/mol. The number of aryl methyl sites for hydroxylation is 1. The molecule has 0 spiro atoms. The highest BCUT2D eigenvalue weighted by molar-refractivity contribution is 5.74. The van der Waals surface area contributed by atoms with Crippen molar-refractivity contribution >= 4 is 5.97 Å². The van der Waals surface area contributed by atoms with Crippen molar-refractivity contribution in [2.24, 2.45) is 5.92 Å². The van der Waals surface area contributed by atoms with E-state index in [9.17, 15) is 14.4 Å². The van der Waals surface area contributed by atoms with E-state index in [1.807, 2.05) is 25.1 Å². The molecule has 2 aromatic carbocycles. The highest BCUT2D eigenvalue weighted by Gasteiger charge is 2.27. The molecule has 5 heteroatoms. The molecule has 0 unspecified atom stereocenters. The molecule has 1 aliphatic carbocycles. The Balaban J connectivity index is 1.45. The van der Waals surface area contributed by atoms with Crippen molar-refractivity contribution in [3.8, 4) is 22.9 Å². The summed E-state index contributed by atoms with van der Waals surface area (Å²) < 4.78 is 25.5. The molecule has 0 aliphatic heterocycles. The first kappa shape index (κ1) is 31.7. The predicted molar refractivity (Wildman–Crippen MR) is 160 cm³/mol. The summed E-state index contributed by atoms with van der Waals surface area (Å²) in [5.41, 5.74) is 3.98. The average Bonchev–Trinajstić information content (AvgIpc) is 2.98. The van der Waals surface area contributed by atoms with Gasteiger partial charge in [-0.15, -0.1) is 0 Å². The number of nitriles is 1. The van der Waals surface area contributed by atoms with Crippen LogP contribution in [0.2, 0.25) is 0 Å². The third-order valence-electron chi connectivity index (χ3n) is 8.16. The summed E-state index contributed by atoms with van der Waals surface area (Å²) in [4.78, 5) is 12.0. The molecule has 0 saturated heterocycles. The van der Waals surface area contributed by atoms with E-state index in [0.717, 1.165) is 68.9 Å². The third kappa shape index (κ3) is 10.3. The molecule has 0 radical (unpaired) electrons. The minimum Gasteiger partial charge on any atom is -0.489 e. The minimum absolute atomic E-state index is 0.0946. The van der Waals surface area contributed by atoms with E-state index in [4.69, 9.17) is 9.47 Å². The van der Waals surface area contributed by atoms with Gasteiger partial charge in [-0.3, -0.25) is 0 Å². The molecule has 2 aromatic rings. The summed E-state index contributed by atoms with van der Waals surface area (Å²) in [5.74, 6) is 0.598. The molecule has 1 aliphatic rings. The van der Waals surface area contributed by atoms with Crippen LogP contribution in [0.4, 0.5) is 4.39 Å². The molecule has 2 atom stereocenters. The first-order valence-corrected chi connectivity index (χ1v) is 15.6. The summed E-state index contributed by atoms with van der Waals surface area (Å²) in [6.45, 7) is 6.28. The zero-order valence-electron chi connectivity index (χ0n) is 24.8. The number of hydrogen-bond acceptors (Lipinski definition) is 4. The minimum atomic E-state index is -1.48. The summed E-state index contributed by atoms with van der Waals surface area (Å²) in [6, 6.07) is 16.8. The summed E-state index contributed by atoms with van der Waals surface area (Å²) in [5, 5.41) is 9.73. The Morgan fingerprint density at radius 1 is 0.950 bits per heavy atom. The van der Waals surface area contributed by atoms with Crippen molar-refractivity contribution in [2.75, 3.05) is 0 Å². The molecule has 0 amide bonds. The lowest BCUT2D eigenvalue weighted by atomic mass is 9.83. The Bertz CT molecular complexity index is 1070. The van der Waals surface area contributed by atoms with Crippen molar-refractivity contribution < 1.29 is 18.7 Å². The van der Waals surface area contributed by atoms with Crippen LogP contribution in [0.3, 0.4) is 0 Å². The van der Waals surface area contributed by atoms with Gasteiger partial charge in [0.2, 0.25) is 0 Å². The number of halogens is 1. The Kier molecular flexibility index (Phi) is 13.5. The number of carbonyl (C=O) groups is 1. The standard InChI is InChI=1S/C35H48FNO3/c1-4-6-8-9-10-26(3)39-34-23-20-30(24-31(34)25-37)29-18-14-27(15-19-29)12-13-28-16-21-32(22-17-28)40-35(38)33(36)11-7-5-2/h14-15,18-20,23-24,26,28,32-33H,4-13,16-17,21-22H2,1-3H3/t26-,28-,32-,33+/m1/s1. The third-order valence-corrected chi connectivity index (χ3v) is 8.16. The highest BCUT2D eigenvalue weighted by atomic mass is 19.1. The molecule has 4 nitrogen and oxygen atoms in total. The number of alkyl halides is 1. The van der Waals surface area contributed by atoms with Crippen LogP contribution in [-0.4, -0.2) is 24.3 Å².